The molecular formula is C9H14. The molecule has 0 aromatic carbocycles. The lowest BCUT2D eigenvalue weighted by Gasteiger charge is -2.02. The van der Waals surface area contributed by atoms with Crippen LogP contribution in [0.15, 0.2) is 0 Å². The summed E-state index contributed by atoms with van der Waals surface area (Å²) in [4.78, 5) is 0. The van der Waals surface area contributed by atoms with Gasteiger partial charge in [0.1, 0.15) is 0 Å². The summed E-state index contributed by atoms with van der Waals surface area (Å²) in [5.74, 6) is 7.19. The van der Waals surface area contributed by atoms with Gasteiger partial charge < -0.3 is 0 Å². The fourth-order valence-corrected chi connectivity index (χ4v) is 1.20. The van der Waals surface area contributed by atoms with Crippen LogP contribution in [0.4, 0.5) is 0 Å². The van der Waals surface area contributed by atoms with Gasteiger partial charge in [0, 0.05) is 12.3 Å². The van der Waals surface area contributed by atoms with Gasteiger partial charge in [-0.05, 0) is 19.3 Å². The van der Waals surface area contributed by atoms with Gasteiger partial charge in [0.25, 0.3) is 0 Å². The molecule has 0 saturated carbocycles. The van der Waals surface area contributed by atoms with Crippen molar-refractivity contribution in [3.8, 4) is 11.8 Å². The normalized spacial score (nSPS) is 26.1. The van der Waals surface area contributed by atoms with Gasteiger partial charge in [0.15, 0.2) is 0 Å². The molecule has 0 heteroatoms. The Hall–Kier alpha value is -0.440. The van der Waals surface area contributed by atoms with Crippen LogP contribution in [0.3, 0.4) is 0 Å². The molecule has 0 saturated heterocycles. The lowest BCUT2D eigenvalue weighted by Crippen LogP contribution is -1.91. The maximum absolute atomic E-state index is 3.28. The zero-order valence-electron chi connectivity index (χ0n) is 6.11. The van der Waals surface area contributed by atoms with Crippen LogP contribution >= 0.6 is 0 Å². The summed E-state index contributed by atoms with van der Waals surface area (Å²) < 4.78 is 0. The smallest absolute Gasteiger partial charge is 0.0200 e. The molecule has 0 nitrogen and oxygen atoms in total. The van der Waals surface area contributed by atoms with Crippen molar-refractivity contribution in [1.29, 1.82) is 0 Å². The summed E-state index contributed by atoms with van der Waals surface area (Å²) in [6.45, 7) is 2.23. The minimum Gasteiger partial charge on any atom is -0.103 e. The molecule has 0 bridgehead atoms. The Kier molecular flexibility index (Phi) is 2.64. The summed E-state index contributed by atoms with van der Waals surface area (Å²) in [6, 6.07) is 0. The van der Waals surface area contributed by atoms with Gasteiger partial charge in [-0.3, -0.25) is 0 Å². The van der Waals surface area contributed by atoms with Crippen LogP contribution < -0.4 is 0 Å². The Morgan fingerprint density at radius 3 is 3.11 bits per heavy atom. The fourth-order valence-electron chi connectivity index (χ4n) is 1.20. The van der Waals surface area contributed by atoms with Crippen molar-refractivity contribution in [2.45, 2.75) is 39.0 Å². The molecule has 9 heavy (non-hydrogen) atoms. The zero-order chi connectivity index (χ0) is 6.53. The molecule has 1 atom stereocenters. The predicted octanol–water partition coefficient (Wildman–Crippen LogP) is 2.59. The van der Waals surface area contributed by atoms with E-state index in [0.717, 1.165) is 6.42 Å². The highest BCUT2D eigenvalue weighted by molar-refractivity contribution is 5.04. The van der Waals surface area contributed by atoms with Crippen molar-refractivity contribution in [2.24, 2.45) is 5.92 Å². The third-order valence-corrected chi connectivity index (χ3v) is 1.90. The summed E-state index contributed by atoms with van der Waals surface area (Å²) in [6.07, 6.45) is 6.41. The lowest BCUT2D eigenvalue weighted by atomic mass is 10.0. The van der Waals surface area contributed by atoms with Crippen molar-refractivity contribution < 1.29 is 0 Å². The second kappa shape index (κ2) is 3.56. The highest BCUT2D eigenvalue weighted by Gasteiger charge is 2.02. The molecule has 1 aliphatic carbocycles. The van der Waals surface area contributed by atoms with Gasteiger partial charge in [0.2, 0.25) is 0 Å². The molecule has 1 unspecified atom stereocenters. The number of hydrogen-bond acceptors (Lipinski definition) is 0. The van der Waals surface area contributed by atoms with E-state index < -0.39 is 0 Å². The third-order valence-electron chi connectivity index (χ3n) is 1.90. The summed E-state index contributed by atoms with van der Waals surface area (Å²) >= 11 is 0. The third kappa shape index (κ3) is 2.10. The predicted molar refractivity (Wildman–Crippen MR) is 40.0 cm³/mol. The maximum Gasteiger partial charge on any atom is 0.0200 e. The SMILES string of the molecule is CCC1C#CCCCC1. The van der Waals surface area contributed by atoms with Gasteiger partial charge in [-0.1, -0.05) is 19.3 Å². The van der Waals surface area contributed by atoms with E-state index in [1.54, 1.807) is 0 Å². The first kappa shape index (κ1) is 6.68. The van der Waals surface area contributed by atoms with E-state index in [-0.39, 0.29) is 0 Å². The molecule has 0 aromatic rings. The quantitative estimate of drug-likeness (QED) is 0.469. The van der Waals surface area contributed by atoms with E-state index in [9.17, 15) is 0 Å². The van der Waals surface area contributed by atoms with Gasteiger partial charge in [-0.15, -0.1) is 5.92 Å². The van der Waals surface area contributed by atoms with Crippen LogP contribution in [0.1, 0.15) is 39.0 Å². The molecule has 1 rings (SSSR count). The Balaban J connectivity index is 2.38. The molecule has 0 fully saturated rings. The lowest BCUT2D eigenvalue weighted by molar-refractivity contribution is 0.558. The highest BCUT2D eigenvalue weighted by Crippen LogP contribution is 2.14. The highest BCUT2D eigenvalue weighted by atomic mass is 14.1. The van der Waals surface area contributed by atoms with Gasteiger partial charge in [-0.25, -0.2) is 0 Å². The molecule has 0 N–H and O–H groups in total. The first-order valence-electron chi connectivity index (χ1n) is 3.92. The first-order valence-corrected chi connectivity index (χ1v) is 3.92. The zero-order valence-corrected chi connectivity index (χ0v) is 6.11. The van der Waals surface area contributed by atoms with Crippen molar-refractivity contribution in [3.63, 3.8) is 0 Å². The molecule has 0 amide bonds. The van der Waals surface area contributed by atoms with Crippen molar-refractivity contribution >= 4 is 0 Å². The van der Waals surface area contributed by atoms with Crippen molar-refractivity contribution in [1.82, 2.24) is 0 Å². The van der Waals surface area contributed by atoms with Crippen molar-refractivity contribution in [3.05, 3.63) is 0 Å². The Morgan fingerprint density at radius 2 is 2.33 bits per heavy atom. The fraction of sp³-hybridized carbons (Fsp3) is 0.778. The number of rotatable bonds is 1. The minimum atomic E-state index is 0.715. The molecular weight excluding hydrogens is 108 g/mol. The molecule has 50 valence electrons. The summed E-state index contributed by atoms with van der Waals surface area (Å²) in [5.41, 5.74) is 0. The maximum atomic E-state index is 3.28. The summed E-state index contributed by atoms with van der Waals surface area (Å²) in [7, 11) is 0. The Morgan fingerprint density at radius 1 is 1.44 bits per heavy atom. The first-order chi connectivity index (χ1) is 4.43. The molecule has 0 aliphatic heterocycles. The Bertz CT molecular complexity index is 125. The average molecular weight is 122 g/mol. The van der Waals surface area contributed by atoms with Crippen molar-refractivity contribution in [2.75, 3.05) is 0 Å². The standard InChI is InChI=1S/C9H14/c1-2-9-7-5-3-4-6-8-9/h9H,2-5,7H2,1H3. The van der Waals surface area contributed by atoms with Crippen LogP contribution in [-0.2, 0) is 0 Å². The molecule has 0 radical (unpaired) electrons. The topological polar surface area (TPSA) is 0 Å². The second-order valence-electron chi connectivity index (χ2n) is 2.67. The van der Waals surface area contributed by atoms with Crippen LogP contribution in [0.5, 0.6) is 0 Å². The second-order valence-corrected chi connectivity index (χ2v) is 2.67. The summed E-state index contributed by atoms with van der Waals surface area (Å²) in [5, 5.41) is 0. The van der Waals surface area contributed by atoms with Gasteiger partial charge in [-0.2, -0.15) is 0 Å². The van der Waals surface area contributed by atoms with Crippen LogP contribution in [0, 0.1) is 17.8 Å². The van der Waals surface area contributed by atoms with E-state index in [4.69, 9.17) is 0 Å². The Labute approximate surface area is 57.7 Å². The van der Waals surface area contributed by atoms with Crippen LogP contribution in [0.2, 0.25) is 0 Å². The van der Waals surface area contributed by atoms with Crippen LogP contribution in [0.25, 0.3) is 0 Å². The number of hydrogen-bond donors (Lipinski definition) is 0. The van der Waals surface area contributed by atoms with E-state index in [1.807, 2.05) is 0 Å². The minimum absolute atomic E-state index is 0.715. The van der Waals surface area contributed by atoms with Gasteiger partial charge in [0.05, 0.1) is 0 Å². The van der Waals surface area contributed by atoms with E-state index in [1.165, 1.54) is 25.7 Å². The van der Waals surface area contributed by atoms with E-state index >= 15 is 0 Å². The molecule has 1 aliphatic rings. The molecule has 0 spiro atoms. The monoisotopic (exact) mass is 122 g/mol. The van der Waals surface area contributed by atoms with E-state index in [2.05, 4.69) is 18.8 Å². The van der Waals surface area contributed by atoms with Crippen LogP contribution in [-0.4, -0.2) is 0 Å². The molecule has 0 heterocycles. The average Bonchev–Trinajstić information content (AvgIpc) is 2.13. The van der Waals surface area contributed by atoms with E-state index in [0.29, 0.717) is 5.92 Å². The van der Waals surface area contributed by atoms with Gasteiger partial charge >= 0.3 is 0 Å². The largest absolute Gasteiger partial charge is 0.103 e. The molecule has 0 aromatic heterocycles.